The predicted molar refractivity (Wildman–Crippen MR) is 352 cm³/mol. The largest absolute Gasteiger partial charge is 0.361 e. The minimum Gasteiger partial charge on any atom is -0.361 e. The minimum atomic E-state index is -1.90. The number of anilines is 3. The summed E-state index contributed by atoms with van der Waals surface area (Å²) in [6.45, 7) is 1.07. The van der Waals surface area contributed by atoms with Crippen LogP contribution < -0.4 is 50.4 Å². The van der Waals surface area contributed by atoms with Gasteiger partial charge in [-0.05, 0) is 184 Å². The highest BCUT2D eigenvalue weighted by atomic mass is 35.5. The van der Waals surface area contributed by atoms with Crippen LogP contribution in [0.2, 0.25) is 15.1 Å². The molecule has 3 aromatic heterocycles. The van der Waals surface area contributed by atoms with Gasteiger partial charge in [0.25, 0.3) is 17.7 Å². The second-order valence-electron chi connectivity index (χ2n) is 22.6. The van der Waals surface area contributed by atoms with E-state index in [-0.39, 0.29) is 38.5 Å². The summed E-state index contributed by atoms with van der Waals surface area (Å²) in [4.78, 5) is 95.0. The van der Waals surface area contributed by atoms with E-state index < -0.39 is 57.6 Å². The van der Waals surface area contributed by atoms with Gasteiger partial charge in [-0.2, -0.15) is 0 Å². The Hall–Kier alpha value is -8.01. The molecule has 0 radical (unpaired) electrons. The fourth-order valence-electron chi connectivity index (χ4n) is 11.3. The van der Waals surface area contributed by atoms with Gasteiger partial charge in [-0.1, -0.05) is 89.4 Å². The Morgan fingerprint density at radius 1 is 0.386 bits per heavy atom. The number of nitrogens with one attached hydrogen (secondary N) is 6. The SMILES string of the molecule is NCCCC[C@](N)(C(=O)Cc1c[nH]c2cc(Cl)ccc12)C(=O)Nc1ccc(C(c2ccc(NC(=O)[C@](N)(CCCCN)C(=O)Cc3c[nH]c4cc(Cl)ccc34)cc2)c2ccc(NC(=O)[C@](N)(CCCCN)C(=O)Cc3c[nH]c4cc(Cl)ccc34)cc2)cc1. The molecule has 88 heavy (non-hydrogen) atoms. The number of carbonyl (C=O) groups excluding carboxylic acids is 6. The molecule has 0 unspecified atom stereocenters. The number of fused-ring (bicyclic) bond motifs is 3. The smallest absolute Gasteiger partial charge is 0.252 e. The van der Waals surface area contributed by atoms with Crippen molar-refractivity contribution in [3.8, 4) is 0 Å². The van der Waals surface area contributed by atoms with Gasteiger partial charge in [-0.15, -0.1) is 0 Å². The molecule has 9 aromatic rings. The molecule has 3 amide bonds. The second kappa shape index (κ2) is 28.4. The maximum absolute atomic E-state index is 14.3. The summed E-state index contributed by atoms with van der Waals surface area (Å²) in [5.41, 5.74) is 40.1. The number of aromatic nitrogens is 3. The van der Waals surface area contributed by atoms with Gasteiger partial charge in [0.2, 0.25) is 0 Å². The Kier molecular flexibility index (Phi) is 20.8. The van der Waals surface area contributed by atoms with Crippen molar-refractivity contribution in [1.82, 2.24) is 15.0 Å². The van der Waals surface area contributed by atoms with Crippen molar-refractivity contribution in [2.24, 2.45) is 34.4 Å². The molecule has 6 aromatic carbocycles. The maximum atomic E-state index is 14.3. The van der Waals surface area contributed by atoms with Crippen molar-refractivity contribution in [3.63, 3.8) is 0 Å². The number of unbranched alkanes of at least 4 members (excludes halogenated alkanes) is 3. The van der Waals surface area contributed by atoms with Gasteiger partial charge in [0.1, 0.15) is 0 Å². The molecular weight excluding hydrogens is 1180 g/mol. The number of carbonyl (C=O) groups is 6. The Morgan fingerprint density at radius 2 is 0.648 bits per heavy atom. The number of amides is 3. The molecule has 3 atom stereocenters. The summed E-state index contributed by atoms with van der Waals surface area (Å²) >= 11 is 18.7. The van der Waals surface area contributed by atoms with Crippen LogP contribution in [0.3, 0.4) is 0 Å². The summed E-state index contributed by atoms with van der Waals surface area (Å²) in [6, 6.07) is 37.3. The van der Waals surface area contributed by atoms with Crippen LogP contribution in [0.15, 0.2) is 146 Å². The number of hydrogen-bond donors (Lipinski definition) is 12. The second-order valence-corrected chi connectivity index (χ2v) is 23.9. The van der Waals surface area contributed by atoms with Crippen molar-refractivity contribution in [2.45, 2.75) is 99.6 Å². The molecule has 0 spiro atoms. The summed E-state index contributed by atoms with van der Waals surface area (Å²) in [5, 5.41) is 12.7. The lowest BCUT2D eigenvalue weighted by Gasteiger charge is -2.28. The predicted octanol–water partition coefficient (Wildman–Crippen LogP) is 10.0. The fourth-order valence-corrected chi connectivity index (χ4v) is 11.8. The zero-order chi connectivity index (χ0) is 62.8. The van der Waals surface area contributed by atoms with E-state index in [1.807, 2.05) is 54.6 Å². The highest BCUT2D eigenvalue weighted by Gasteiger charge is 2.44. The van der Waals surface area contributed by atoms with Gasteiger partial charge < -0.3 is 65.3 Å². The number of rotatable bonds is 30. The number of H-pyrrole nitrogens is 3. The molecule has 9 rings (SSSR count). The number of Topliss-reactive ketones (excluding diaryl/α,β-unsaturated/α-hetero) is 3. The zero-order valence-corrected chi connectivity index (χ0v) is 50.9. The maximum Gasteiger partial charge on any atom is 0.252 e. The van der Waals surface area contributed by atoms with Crippen molar-refractivity contribution in [1.29, 1.82) is 0 Å². The van der Waals surface area contributed by atoms with Gasteiger partial charge in [-0.25, -0.2) is 0 Å². The first-order valence-electron chi connectivity index (χ1n) is 29.3. The Morgan fingerprint density at radius 3 is 0.898 bits per heavy atom. The first-order valence-corrected chi connectivity index (χ1v) is 30.5. The summed E-state index contributed by atoms with van der Waals surface area (Å²) in [5.74, 6) is -3.92. The van der Waals surface area contributed by atoms with Gasteiger partial charge >= 0.3 is 0 Å². The first kappa shape index (κ1) is 64.5. The minimum absolute atomic E-state index is 0.0615. The molecule has 0 aliphatic heterocycles. The average molecular weight is 1250 g/mol. The number of ketones is 3. The molecule has 0 fully saturated rings. The standard InChI is InChI=1S/C67H73Cl3N12O6/c68-46-13-22-52-43(37-77-55(52)34-46)31-58(83)65(74,25-1-4-28-71)62(86)80-49-16-7-40(8-17-49)61(41-9-18-50(19-10-41)81-63(87)66(75,26-2-5-29-72)59(84)32-44-38-78-56-35-47(69)14-23-53(44)56)42-11-20-51(21-12-42)82-64(88)67(76,27-3-6-30-73)60(85)33-45-39-79-57-36-48(70)15-24-54(45)57/h7-24,34-39,61,77-79H,1-6,25-33,71-76H2,(H,80,86)(H,81,87)(H,82,88)/t65-,66-,67-/m0/s1. The highest BCUT2D eigenvalue weighted by Crippen LogP contribution is 2.36. The molecule has 21 heteroatoms. The van der Waals surface area contributed by atoms with Crippen LogP contribution >= 0.6 is 34.8 Å². The van der Waals surface area contributed by atoms with E-state index in [2.05, 4.69) is 30.9 Å². The normalized spacial score (nSPS) is 13.7. The summed E-state index contributed by atoms with van der Waals surface area (Å²) in [6.07, 6.45) is 7.99. The molecule has 0 saturated heterocycles. The van der Waals surface area contributed by atoms with E-state index >= 15 is 0 Å². The third-order valence-corrected chi connectivity index (χ3v) is 17.2. The fraction of sp³-hybridized carbons (Fsp3) is 0.284. The lowest BCUT2D eigenvalue weighted by Crippen LogP contribution is -2.58. The molecule has 18 nitrogen and oxygen atoms in total. The van der Waals surface area contributed by atoms with E-state index in [1.165, 1.54) is 0 Å². The quantitative estimate of drug-likeness (QED) is 0.0114. The molecule has 0 bridgehead atoms. The first-order chi connectivity index (χ1) is 42.3. The Balaban J connectivity index is 0.987. The van der Waals surface area contributed by atoms with Gasteiger partial charge in [0, 0.05) is 109 Å². The van der Waals surface area contributed by atoms with Crippen molar-refractivity contribution < 1.29 is 28.8 Å². The number of aromatic amines is 3. The van der Waals surface area contributed by atoms with Crippen LogP contribution in [0.5, 0.6) is 0 Å². The number of nitrogens with two attached hydrogens (primary N) is 6. The van der Waals surface area contributed by atoms with Crippen LogP contribution in [0, 0.1) is 0 Å². The van der Waals surface area contributed by atoms with Gasteiger partial charge in [-0.3, -0.25) is 28.8 Å². The van der Waals surface area contributed by atoms with Gasteiger partial charge in [0.05, 0.1) is 0 Å². The number of halogens is 3. The average Bonchev–Trinajstić information content (AvgIpc) is 2.28. The molecular formula is C67H73Cl3N12O6. The number of benzene rings is 6. The lowest BCUT2D eigenvalue weighted by molar-refractivity contribution is -0.134. The third kappa shape index (κ3) is 14.6. The van der Waals surface area contributed by atoms with Crippen LogP contribution in [0.1, 0.15) is 97.1 Å². The zero-order valence-electron chi connectivity index (χ0n) is 48.6. The van der Waals surface area contributed by atoms with Crippen LogP contribution in [-0.4, -0.2) is 86.3 Å². The van der Waals surface area contributed by atoms with Gasteiger partial charge in [0.15, 0.2) is 34.0 Å². The molecule has 0 aliphatic carbocycles. The summed E-state index contributed by atoms with van der Waals surface area (Å²) < 4.78 is 0. The monoisotopic (exact) mass is 1250 g/mol. The molecule has 18 N–H and O–H groups in total. The molecule has 458 valence electrons. The van der Waals surface area contributed by atoms with E-state index in [0.717, 1.165) is 49.4 Å². The number of hydrogen-bond acceptors (Lipinski definition) is 12. The van der Waals surface area contributed by atoms with Crippen molar-refractivity contribution in [2.75, 3.05) is 35.6 Å². The highest BCUT2D eigenvalue weighted by molar-refractivity contribution is 6.32. The Bertz CT molecular complexity index is 3590. The van der Waals surface area contributed by atoms with E-state index in [9.17, 15) is 28.8 Å². The van der Waals surface area contributed by atoms with Crippen molar-refractivity contribution in [3.05, 3.63) is 194 Å². The van der Waals surface area contributed by atoms with Crippen LogP contribution in [-0.2, 0) is 48.0 Å². The molecule has 0 aliphatic rings. The van der Waals surface area contributed by atoms with E-state index in [0.29, 0.717) is 107 Å². The summed E-state index contributed by atoms with van der Waals surface area (Å²) in [7, 11) is 0. The van der Waals surface area contributed by atoms with E-state index in [1.54, 1.807) is 91.4 Å². The van der Waals surface area contributed by atoms with Crippen molar-refractivity contribution >= 4 is 120 Å². The van der Waals surface area contributed by atoms with E-state index in [4.69, 9.17) is 69.2 Å². The Labute approximate surface area is 524 Å². The van der Waals surface area contributed by atoms with Crippen LogP contribution in [0.4, 0.5) is 17.1 Å². The molecule has 3 heterocycles. The topological polar surface area (TPSA) is 342 Å². The third-order valence-electron chi connectivity index (χ3n) is 16.5. The molecule has 0 saturated carbocycles. The lowest BCUT2D eigenvalue weighted by atomic mass is 9.83. The van der Waals surface area contributed by atoms with Crippen LogP contribution in [0.25, 0.3) is 32.7 Å².